The van der Waals surface area contributed by atoms with Crippen LogP contribution in [0, 0.1) is 6.92 Å². The van der Waals surface area contributed by atoms with Crippen molar-refractivity contribution in [3.63, 3.8) is 0 Å². The molecule has 0 amide bonds. The van der Waals surface area contributed by atoms with E-state index in [4.69, 9.17) is 5.73 Å². The summed E-state index contributed by atoms with van der Waals surface area (Å²) in [5, 5.41) is 0. The molecule has 0 fully saturated rings. The summed E-state index contributed by atoms with van der Waals surface area (Å²) in [5.74, 6) is 0. The van der Waals surface area contributed by atoms with E-state index in [2.05, 4.69) is 15.0 Å². The number of aryl methyl sites for hydroxylation is 1. The number of anilines is 1. The molecule has 0 saturated heterocycles. The minimum Gasteiger partial charge on any atom is -0.398 e. The van der Waals surface area contributed by atoms with Crippen LogP contribution in [-0.4, -0.2) is 19.5 Å². The molecule has 0 bridgehead atoms. The molecule has 0 atom stereocenters. The van der Waals surface area contributed by atoms with Crippen LogP contribution in [0.15, 0.2) is 49.3 Å². The highest BCUT2D eigenvalue weighted by atomic mass is 15.1. The van der Waals surface area contributed by atoms with Crippen molar-refractivity contribution in [2.45, 2.75) is 6.92 Å². The monoisotopic (exact) mass is 251 g/mol. The van der Waals surface area contributed by atoms with Crippen LogP contribution < -0.4 is 5.73 Å². The fourth-order valence-electron chi connectivity index (χ4n) is 2.04. The number of hydrogen-bond donors (Lipinski definition) is 1. The minimum atomic E-state index is 0.679. The van der Waals surface area contributed by atoms with Gasteiger partial charge < -0.3 is 5.73 Å². The van der Waals surface area contributed by atoms with E-state index in [1.165, 1.54) is 0 Å². The Hall–Kier alpha value is -2.69. The highest BCUT2D eigenvalue weighted by Crippen LogP contribution is 2.27. The molecule has 3 aromatic heterocycles. The summed E-state index contributed by atoms with van der Waals surface area (Å²) in [4.78, 5) is 12.6. The summed E-state index contributed by atoms with van der Waals surface area (Å²) in [5.41, 5.74) is 10.4. The number of rotatable bonds is 2. The second-order valence-corrected chi connectivity index (χ2v) is 4.22. The molecule has 0 radical (unpaired) electrons. The minimum absolute atomic E-state index is 0.679. The number of nitrogens with two attached hydrogens (primary N) is 1. The summed E-state index contributed by atoms with van der Waals surface area (Å²) in [7, 11) is 0. The normalized spacial score (nSPS) is 10.6. The van der Waals surface area contributed by atoms with Crippen molar-refractivity contribution in [1.82, 2.24) is 19.5 Å². The van der Waals surface area contributed by atoms with Gasteiger partial charge >= 0.3 is 0 Å². The Labute approximate surface area is 110 Å². The maximum absolute atomic E-state index is 6.00. The molecule has 0 spiro atoms. The van der Waals surface area contributed by atoms with Gasteiger partial charge in [-0.05, 0) is 25.1 Å². The molecule has 0 aliphatic carbocycles. The Morgan fingerprint density at radius 3 is 2.79 bits per heavy atom. The van der Waals surface area contributed by atoms with E-state index in [9.17, 15) is 0 Å². The highest BCUT2D eigenvalue weighted by molar-refractivity contribution is 5.73. The third-order valence-electron chi connectivity index (χ3n) is 3.01. The summed E-state index contributed by atoms with van der Waals surface area (Å²) in [6, 6.07) is 5.68. The standard InChI is InChI=1S/C14H13N5/c1-10-13(3-2-5-18-10)19-9-17-8-14(19)11-7-16-6-4-12(11)15/h2-9H,1H3,(H2,15,16). The predicted octanol–water partition coefficient (Wildman–Crippen LogP) is 2.22. The summed E-state index contributed by atoms with van der Waals surface area (Å²) >= 11 is 0. The molecule has 3 heterocycles. The molecule has 2 N–H and O–H groups in total. The summed E-state index contributed by atoms with van der Waals surface area (Å²) < 4.78 is 1.97. The van der Waals surface area contributed by atoms with Gasteiger partial charge in [-0.25, -0.2) is 4.98 Å². The molecule has 3 aromatic rings. The SMILES string of the molecule is Cc1ncccc1-n1cncc1-c1cnccc1N. The van der Waals surface area contributed by atoms with E-state index in [1.54, 1.807) is 37.2 Å². The Kier molecular flexibility index (Phi) is 2.72. The van der Waals surface area contributed by atoms with Crippen LogP contribution in [-0.2, 0) is 0 Å². The lowest BCUT2D eigenvalue weighted by Gasteiger charge is -2.11. The molecule has 0 aliphatic heterocycles. The van der Waals surface area contributed by atoms with Crippen molar-refractivity contribution in [1.29, 1.82) is 0 Å². The fraction of sp³-hybridized carbons (Fsp3) is 0.0714. The summed E-state index contributed by atoms with van der Waals surface area (Å²) in [6.07, 6.45) is 8.73. The lowest BCUT2D eigenvalue weighted by atomic mass is 10.2. The van der Waals surface area contributed by atoms with Gasteiger partial charge in [-0.2, -0.15) is 0 Å². The predicted molar refractivity (Wildman–Crippen MR) is 73.7 cm³/mol. The van der Waals surface area contributed by atoms with Gasteiger partial charge in [0.25, 0.3) is 0 Å². The van der Waals surface area contributed by atoms with E-state index in [1.807, 2.05) is 23.6 Å². The average molecular weight is 251 g/mol. The molecule has 0 aliphatic rings. The first-order valence-electron chi connectivity index (χ1n) is 5.91. The third kappa shape index (κ3) is 1.95. The second-order valence-electron chi connectivity index (χ2n) is 4.22. The maximum Gasteiger partial charge on any atom is 0.0997 e. The Morgan fingerprint density at radius 2 is 2.00 bits per heavy atom. The molecule has 0 saturated carbocycles. The first-order valence-corrected chi connectivity index (χ1v) is 5.91. The van der Waals surface area contributed by atoms with Crippen LogP contribution in [0.4, 0.5) is 5.69 Å². The average Bonchev–Trinajstić information content (AvgIpc) is 2.89. The van der Waals surface area contributed by atoms with Gasteiger partial charge in [0, 0.05) is 29.8 Å². The van der Waals surface area contributed by atoms with Crippen LogP contribution in [0.2, 0.25) is 0 Å². The van der Waals surface area contributed by atoms with Gasteiger partial charge in [0.05, 0.1) is 29.6 Å². The zero-order valence-electron chi connectivity index (χ0n) is 10.5. The number of imidazole rings is 1. The first kappa shape index (κ1) is 11.4. The van der Waals surface area contributed by atoms with E-state index in [0.717, 1.165) is 22.6 Å². The van der Waals surface area contributed by atoms with Gasteiger partial charge in [0.15, 0.2) is 0 Å². The number of hydrogen-bond acceptors (Lipinski definition) is 4. The Bertz CT molecular complexity index is 657. The second kappa shape index (κ2) is 4.53. The molecule has 0 unspecified atom stereocenters. The fourth-order valence-corrected chi connectivity index (χ4v) is 2.04. The molecule has 3 rings (SSSR count). The first-order chi connectivity index (χ1) is 9.27. The largest absolute Gasteiger partial charge is 0.398 e. The summed E-state index contributed by atoms with van der Waals surface area (Å²) in [6.45, 7) is 1.96. The highest BCUT2D eigenvalue weighted by Gasteiger charge is 2.11. The van der Waals surface area contributed by atoms with Gasteiger partial charge in [-0.15, -0.1) is 0 Å². The molecular formula is C14H13N5. The van der Waals surface area contributed by atoms with Gasteiger partial charge in [0.1, 0.15) is 0 Å². The van der Waals surface area contributed by atoms with Crippen LogP contribution in [0.1, 0.15) is 5.69 Å². The van der Waals surface area contributed by atoms with Crippen molar-refractivity contribution in [3.8, 4) is 16.9 Å². The van der Waals surface area contributed by atoms with Crippen molar-refractivity contribution < 1.29 is 0 Å². The zero-order valence-corrected chi connectivity index (χ0v) is 10.5. The molecular weight excluding hydrogens is 238 g/mol. The van der Waals surface area contributed by atoms with E-state index in [-0.39, 0.29) is 0 Å². The lowest BCUT2D eigenvalue weighted by Crippen LogP contribution is -2.01. The van der Waals surface area contributed by atoms with E-state index < -0.39 is 0 Å². The van der Waals surface area contributed by atoms with Gasteiger partial charge in [0.2, 0.25) is 0 Å². The quantitative estimate of drug-likeness (QED) is 0.758. The molecule has 19 heavy (non-hydrogen) atoms. The van der Waals surface area contributed by atoms with Crippen LogP contribution >= 0.6 is 0 Å². The van der Waals surface area contributed by atoms with E-state index in [0.29, 0.717) is 5.69 Å². The van der Waals surface area contributed by atoms with Crippen molar-refractivity contribution >= 4 is 5.69 Å². The van der Waals surface area contributed by atoms with E-state index >= 15 is 0 Å². The lowest BCUT2D eigenvalue weighted by molar-refractivity contribution is 1.01. The third-order valence-corrected chi connectivity index (χ3v) is 3.01. The molecule has 5 nitrogen and oxygen atoms in total. The Balaban J connectivity index is 2.20. The zero-order chi connectivity index (χ0) is 13.2. The van der Waals surface area contributed by atoms with Crippen LogP contribution in [0.5, 0.6) is 0 Å². The maximum atomic E-state index is 6.00. The molecule has 94 valence electrons. The van der Waals surface area contributed by atoms with Gasteiger partial charge in [-0.3, -0.25) is 14.5 Å². The smallest absolute Gasteiger partial charge is 0.0997 e. The van der Waals surface area contributed by atoms with Gasteiger partial charge in [-0.1, -0.05) is 0 Å². The molecule has 0 aromatic carbocycles. The number of nitrogens with zero attached hydrogens (tertiary/aromatic N) is 4. The van der Waals surface area contributed by atoms with Crippen molar-refractivity contribution in [2.75, 3.05) is 5.73 Å². The van der Waals surface area contributed by atoms with Crippen LogP contribution in [0.3, 0.4) is 0 Å². The number of nitrogen functional groups attached to an aromatic ring is 1. The molecule has 5 heteroatoms. The van der Waals surface area contributed by atoms with Crippen LogP contribution in [0.25, 0.3) is 16.9 Å². The number of aromatic nitrogens is 4. The van der Waals surface area contributed by atoms with Crippen molar-refractivity contribution in [2.24, 2.45) is 0 Å². The topological polar surface area (TPSA) is 69.6 Å². The van der Waals surface area contributed by atoms with Crippen molar-refractivity contribution in [3.05, 3.63) is 55.0 Å². The number of pyridine rings is 2. The Morgan fingerprint density at radius 1 is 1.11 bits per heavy atom.